The van der Waals surface area contributed by atoms with Crippen molar-refractivity contribution in [2.24, 2.45) is 0 Å². The van der Waals surface area contributed by atoms with Gasteiger partial charge >= 0.3 is 0 Å². The molecule has 0 bridgehead atoms. The first-order chi connectivity index (χ1) is 10.7. The van der Waals surface area contributed by atoms with Gasteiger partial charge in [0, 0.05) is 36.9 Å². The molecule has 1 aromatic carbocycles. The Morgan fingerprint density at radius 2 is 2.00 bits per heavy atom. The minimum Gasteiger partial charge on any atom is -0.490 e. The number of nitrogens with zero attached hydrogens (tertiary/aromatic N) is 4. The van der Waals surface area contributed by atoms with Crippen molar-refractivity contribution in [3.63, 3.8) is 0 Å². The molecular formula is C17H16N4O. The van der Waals surface area contributed by atoms with Gasteiger partial charge in [0.05, 0.1) is 5.56 Å². The van der Waals surface area contributed by atoms with Crippen molar-refractivity contribution in [2.45, 2.75) is 26.4 Å². The topological polar surface area (TPSA) is 52.8 Å². The number of hydrogen-bond donors (Lipinski definition) is 0. The molecule has 0 saturated carbocycles. The second-order valence-corrected chi connectivity index (χ2v) is 5.56. The maximum absolute atomic E-state index is 5.76. The number of rotatable bonds is 2. The predicted molar refractivity (Wildman–Crippen MR) is 83.1 cm³/mol. The van der Waals surface area contributed by atoms with E-state index < -0.39 is 0 Å². The third kappa shape index (κ3) is 2.15. The molecule has 22 heavy (non-hydrogen) atoms. The zero-order valence-electron chi connectivity index (χ0n) is 12.5. The number of aryl methyl sites for hydroxylation is 1. The number of hydrogen-bond acceptors (Lipinski definition) is 4. The minimum absolute atomic E-state index is 0.248. The predicted octanol–water partition coefficient (Wildman–Crippen LogP) is 2.96. The Morgan fingerprint density at radius 3 is 2.82 bits per heavy atom. The molecule has 4 rings (SSSR count). The van der Waals surface area contributed by atoms with Crippen LogP contribution < -0.4 is 4.74 Å². The maximum Gasteiger partial charge on any atom is 0.147 e. The molecule has 1 atom stereocenters. The van der Waals surface area contributed by atoms with E-state index in [1.165, 1.54) is 5.56 Å². The van der Waals surface area contributed by atoms with Gasteiger partial charge in [-0.25, -0.2) is 15.0 Å². The Labute approximate surface area is 128 Å². The van der Waals surface area contributed by atoms with E-state index in [1.54, 1.807) is 18.6 Å². The van der Waals surface area contributed by atoms with Crippen molar-refractivity contribution >= 4 is 0 Å². The lowest BCUT2D eigenvalue weighted by atomic mass is 10.1. The van der Waals surface area contributed by atoms with E-state index in [0.717, 1.165) is 35.1 Å². The molecule has 1 aliphatic heterocycles. The Hall–Kier alpha value is -2.69. The van der Waals surface area contributed by atoms with Gasteiger partial charge in [0.1, 0.15) is 23.5 Å². The first-order valence-electron chi connectivity index (χ1n) is 7.33. The average Bonchev–Trinajstić information content (AvgIpc) is 3.12. The highest BCUT2D eigenvalue weighted by molar-refractivity contribution is 5.58. The molecule has 0 fully saturated rings. The largest absolute Gasteiger partial charge is 0.490 e. The van der Waals surface area contributed by atoms with E-state index in [4.69, 9.17) is 4.74 Å². The summed E-state index contributed by atoms with van der Waals surface area (Å²) in [5.74, 6) is 2.58. The van der Waals surface area contributed by atoms with Crippen molar-refractivity contribution < 1.29 is 4.74 Å². The van der Waals surface area contributed by atoms with Gasteiger partial charge in [-0.05, 0) is 37.6 Å². The van der Waals surface area contributed by atoms with Gasteiger partial charge in [-0.15, -0.1) is 0 Å². The highest BCUT2D eigenvalue weighted by atomic mass is 16.5. The molecule has 0 saturated heterocycles. The molecule has 0 N–H and O–H groups in total. The summed E-state index contributed by atoms with van der Waals surface area (Å²) in [6.45, 7) is 3.96. The zero-order valence-corrected chi connectivity index (χ0v) is 12.5. The fourth-order valence-corrected chi connectivity index (χ4v) is 2.79. The highest BCUT2D eigenvalue weighted by Gasteiger charge is 2.20. The Balaban J connectivity index is 1.77. The molecule has 0 spiro atoms. The van der Waals surface area contributed by atoms with Crippen LogP contribution in [0, 0.1) is 6.92 Å². The summed E-state index contributed by atoms with van der Waals surface area (Å²) < 4.78 is 7.82. The number of ether oxygens (including phenoxy) is 1. The van der Waals surface area contributed by atoms with Gasteiger partial charge in [-0.3, -0.25) is 4.57 Å². The second-order valence-electron chi connectivity index (χ2n) is 5.56. The lowest BCUT2D eigenvalue weighted by Crippen LogP contribution is -2.05. The van der Waals surface area contributed by atoms with Crippen LogP contribution in [0.5, 0.6) is 5.75 Å². The molecular weight excluding hydrogens is 276 g/mol. The smallest absolute Gasteiger partial charge is 0.147 e. The quantitative estimate of drug-likeness (QED) is 0.728. The van der Waals surface area contributed by atoms with Gasteiger partial charge in [0.2, 0.25) is 0 Å². The van der Waals surface area contributed by atoms with E-state index in [0.29, 0.717) is 0 Å². The number of imidazole rings is 1. The van der Waals surface area contributed by atoms with Crippen LogP contribution in [0.25, 0.3) is 17.1 Å². The van der Waals surface area contributed by atoms with Gasteiger partial charge in [0.15, 0.2) is 0 Å². The standard InChI is InChI=1S/C17H16N4O/c1-11-7-13-8-15(3-4-16(13)22-11)21-6-5-18-17(21)14-9-19-12(2)20-10-14/h3-6,8-11H,7H2,1-2H3. The summed E-state index contributed by atoms with van der Waals surface area (Å²) in [4.78, 5) is 13.0. The summed E-state index contributed by atoms with van der Waals surface area (Å²) >= 11 is 0. The molecule has 0 radical (unpaired) electrons. The SMILES string of the molecule is Cc1ncc(-c2nccn2-c2ccc3c(c2)CC(C)O3)cn1. The molecule has 0 aliphatic carbocycles. The third-order valence-electron chi connectivity index (χ3n) is 3.84. The molecule has 2 aromatic heterocycles. The van der Waals surface area contributed by atoms with E-state index >= 15 is 0 Å². The maximum atomic E-state index is 5.76. The van der Waals surface area contributed by atoms with Gasteiger partial charge in [-0.2, -0.15) is 0 Å². The summed E-state index contributed by atoms with van der Waals surface area (Å²) in [7, 11) is 0. The van der Waals surface area contributed by atoms with Gasteiger partial charge in [-0.1, -0.05) is 0 Å². The second kappa shape index (κ2) is 4.94. The molecule has 3 heterocycles. The van der Waals surface area contributed by atoms with Gasteiger partial charge < -0.3 is 4.74 Å². The first kappa shape index (κ1) is 13.0. The average molecular weight is 292 g/mol. The lowest BCUT2D eigenvalue weighted by molar-refractivity contribution is 0.254. The Kier molecular flexibility index (Phi) is 2.92. The molecule has 5 heteroatoms. The van der Waals surface area contributed by atoms with E-state index in [1.807, 2.05) is 19.2 Å². The zero-order chi connectivity index (χ0) is 15.1. The first-order valence-corrected chi connectivity index (χ1v) is 7.33. The van der Waals surface area contributed by atoms with Crippen molar-refractivity contribution in [1.82, 2.24) is 19.5 Å². The summed E-state index contributed by atoms with van der Waals surface area (Å²) in [6, 6.07) is 6.25. The van der Waals surface area contributed by atoms with Crippen molar-refractivity contribution in [3.05, 3.63) is 54.4 Å². The fourth-order valence-electron chi connectivity index (χ4n) is 2.79. The number of benzene rings is 1. The van der Waals surface area contributed by atoms with Crippen LogP contribution in [0.3, 0.4) is 0 Å². The van der Waals surface area contributed by atoms with Crippen LogP contribution in [0.1, 0.15) is 18.3 Å². The molecule has 3 aromatic rings. The fraction of sp³-hybridized carbons (Fsp3) is 0.235. The van der Waals surface area contributed by atoms with Crippen LogP contribution in [-0.2, 0) is 6.42 Å². The number of aromatic nitrogens is 4. The van der Waals surface area contributed by atoms with Crippen LogP contribution in [0.4, 0.5) is 0 Å². The molecule has 1 aliphatic rings. The van der Waals surface area contributed by atoms with E-state index in [-0.39, 0.29) is 6.10 Å². The van der Waals surface area contributed by atoms with E-state index in [2.05, 4.69) is 38.6 Å². The van der Waals surface area contributed by atoms with Crippen LogP contribution in [-0.4, -0.2) is 25.6 Å². The summed E-state index contributed by atoms with van der Waals surface area (Å²) in [5, 5.41) is 0. The summed E-state index contributed by atoms with van der Waals surface area (Å²) in [6.07, 6.45) is 8.55. The Bertz CT molecular complexity index is 823. The molecule has 0 amide bonds. The van der Waals surface area contributed by atoms with Crippen LogP contribution >= 0.6 is 0 Å². The normalized spacial score (nSPS) is 16.4. The van der Waals surface area contributed by atoms with Crippen LogP contribution in [0.2, 0.25) is 0 Å². The molecule has 1 unspecified atom stereocenters. The third-order valence-corrected chi connectivity index (χ3v) is 3.84. The lowest BCUT2D eigenvalue weighted by Gasteiger charge is -2.09. The summed E-state index contributed by atoms with van der Waals surface area (Å²) in [5.41, 5.74) is 3.22. The molecule has 110 valence electrons. The van der Waals surface area contributed by atoms with Crippen LogP contribution in [0.15, 0.2) is 43.0 Å². The van der Waals surface area contributed by atoms with Crippen molar-refractivity contribution in [1.29, 1.82) is 0 Å². The Morgan fingerprint density at radius 1 is 1.18 bits per heavy atom. The molecule has 5 nitrogen and oxygen atoms in total. The number of fused-ring (bicyclic) bond motifs is 1. The van der Waals surface area contributed by atoms with Gasteiger partial charge in [0.25, 0.3) is 0 Å². The van der Waals surface area contributed by atoms with Crippen molar-refractivity contribution in [3.8, 4) is 22.8 Å². The van der Waals surface area contributed by atoms with Crippen molar-refractivity contribution in [2.75, 3.05) is 0 Å². The van der Waals surface area contributed by atoms with E-state index in [9.17, 15) is 0 Å². The monoisotopic (exact) mass is 292 g/mol. The minimum atomic E-state index is 0.248. The highest BCUT2D eigenvalue weighted by Crippen LogP contribution is 2.31.